The summed E-state index contributed by atoms with van der Waals surface area (Å²) >= 11 is 0. The van der Waals surface area contributed by atoms with Gasteiger partial charge in [-0.1, -0.05) is 19.9 Å². The number of aliphatic hydroxyl groups is 2. The summed E-state index contributed by atoms with van der Waals surface area (Å²) in [6, 6.07) is 7.77. The highest BCUT2D eigenvalue weighted by atomic mass is 16.5. The Balaban J connectivity index is 2.01. The van der Waals surface area contributed by atoms with E-state index in [-0.39, 0.29) is 13.2 Å². The van der Waals surface area contributed by atoms with Crippen LogP contribution in [0.2, 0.25) is 0 Å². The Hall–Kier alpha value is -1.56. The van der Waals surface area contributed by atoms with Crippen molar-refractivity contribution in [2.45, 2.75) is 32.4 Å². The van der Waals surface area contributed by atoms with Gasteiger partial charge in [0.1, 0.15) is 29.8 Å². The number of hydrogen-bond donors (Lipinski definition) is 3. The minimum Gasteiger partial charge on any atom is -0.490 e. The molecule has 3 N–H and O–H groups in total. The van der Waals surface area contributed by atoms with Crippen LogP contribution in [0.1, 0.15) is 19.6 Å². The molecular formula is C16H23NO4. The number of rotatable bonds is 8. The first-order valence-electron chi connectivity index (χ1n) is 7.26. The van der Waals surface area contributed by atoms with Crippen LogP contribution in [-0.4, -0.2) is 42.1 Å². The average Bonchev–Trinajstić information content (AvgIpc) is 2.86. The molecule has 0 saturated heterocycles. The van der Waals surface area contributed by atoms with Crippen LogP contribution in [0.4, 0.5) is 0 Å². The Labute approximate surface area is 124 Å². The maximum atomic E-state index is 9.88. The second-order valence-electron chi connectivity index (χ2n) is 5.38. The molecule has 1 unspecified atom stereocenters. The van der Waals surface area contributed by atoms with Crippen LogP contribution < -0.4 is 10.1 Å². The first kappa shape index (κ1) is 15.8. The first-order valence-corrected chi connectivity index (χ1v) is 7.26. The van der Waals surface area contributed by atoms with Gasteiger partial charge in [0.05, 0.1) is 12.0 Å². The van der Waals surface area contributed by atoms with Gasteiger partial charge in [-0.15, -0.1) is 0 Å². The van der Waals surface area contributed by atoms with Crippen LogP contribution in [0.15, 0.2) is 28.7 Å². The van der Waals surface area contributed by atoms with Gasteiger partial charge < -0.3 is 24.7 Å². The summed E-state index contributed by atoms with van der Waals surface area (Å²) in [6.45, 7) is 4.83. The molecule has 1 atom stereocenters. The van der Waals surface area contributed by atoms with Gasteiger partial charge in [-0.25, -0.2) is 0 Å². The maximum Gasteiger partial charge on any atom is 0.138 e. The normalized spacial score (nSPS) is 13.0. The van der Waals surface area contributed by atoms with E-state index >= 15 is 0 Å². The Morgan fingerprint density at radius 2 is 2.14 bits per heavy atom. The van der Waals surface area contributed by atoms with Crippen molar-refractivity contribution in [3.05, 3.63) is 30.0 Å². The van der Waals surface area contributed by atoms with E-state index in [9.17, 15) is 5.11 Å². The van der Waals surface area contributed by atoms with Crippen molar-refractivity contribution < 1.29 is 19.4 Å². The Morgan fingerprint density at radius 1 is 1.33 bits per heavy atom. The summed E-state index contributed by atoms with van der Waals surface area (Å²) in [5.41, 5.74) is 0.728. The highest BCUT2D eigenvalue weighted by Gasteiger charge is 2.11. The molecule has 0 fully saturated rings. The number of furan rings is 1. The molecule has 5 nitrogen and oxygen atoms in total. The van der Waals surface area contributed by atoms with Crippen molar-refractivity contribution in [3.8, 4) is 5.75 Å². The van der Waals surface area contributed by atoms with Crippen LogP contribution in [0.5, 0.6) is 5.75 Å². The van der Waals surface area contributed by atoms with Gasteiger partial charge in [-0.3, -0.25) is 0 Å². The predicted octanol–water partition coefficient (Wildman–Crippen LogP) is 1.71. The van der Waals surface area contributed by atoms with E-state index in [0.717, 1.165) is 16.7 Å². The van der Waals surface area contributed by atoms with Crippen molar-refractivity contribution in [2.24, 2.45) is 0 Å². The number of fused-ring (bicyclic) bond motifs is 1. The predicted molar refractivity (Wildman–Crippen MR) is 81.6 cm³/mol. The van der Waals surface area contributed by atoms with Gasteiger partial charge in [0.15, 0.2) is 0 Å². The van der Waals surface area contributed by atoms with Gasteiger partial charge in [0.2, 0.25) is 0 Å². The van der Waals surface area contributed by atoms with Crippen LogP contribution in [-0.2, 0) is 6.42 Å². The molecule has 0 amide bonds. The molecule has 2 aromatic rings. The van der Waals surface area contributed by atoms with Crippen molar-refractivity contribution in [3.63, 3.8) is 0 Å². The van der Waals surface area contributed by atoms with Gasteiger partial charge >= 0.3 is 0 Å². The number of nitrogens with one attached hydrogen (secondary N) is 1. The third-order valence-electron chi connectivity index (χ3n) is 3.12. The molecule has 21 heavy (non-hydrogen) atoms. The van der Waals surface area contributed by atoms with E-state index in [4.69, 9.17) is 14.3 Å². The molecule has 5 heteroatoms. The monoisotopic (exact) mass is 293 g/mol. The first-order chi connectivity index (χ1) is 10.1. The maximum absolute atomic E-state index is 9.88. The van der Waals surface area contributed by atoms with Crippen molar-refractivity contribution in [1.29, 1.82) is 0 Å². The highest BCUT2D eigenvalue weighted by molar-refractivity contribution is 5.84. The van der Waals surface area contributed by atoms with Crippen LogP contribution >= 0.6 is 0 Å². The Bertz CT molecular complexity index is 564. The molecule has 0 aliphatic rings. The topological polar surface area (TPSA) is 74.9 Å². The lowest BCUT2D eigenvalue weighted by Gasteiger charge is -2.15. The average molecular weight is 293 g/mol. The summed E-state index contributed by atoms with van der Waals surface area (Å²) < 4.78 is 11.3. The fraction of sp³-hybridized carbons (Fsp3) is 0.500. The fourth-order valence-corrected chi connectivity index (χ4v) is 2.06. The zero-order chi connectivity index (χ0) is 15.2. The molecule has 1 aromatic heterocycles. The smallest absolute Gasteiger partial charge is 0.138 e. The number of hydrogen-bond acceptors (Lipinski definition) is 5. The van der Waals surface area contributed by atoms with E-state index < -0.39 is 6.10 Å². The molecule has 0 spiro atoms. The van der Waals surface area contributed by atoms with Gasteiger partial charge in [0, 0.05) is 19.0 Å². The van der Waals surface area contributed by atoms with E-state index in [1.165, 1.54) is 0 Å². The van der Waals surface area contributed by atoms with E-state index in [1.54, 1.807) is 0 Å². The highest BCUT2D eigenvalue weighted by Crippen LogP contribution is 2.29. The summed E-state index contributed by atoms with van der Waals surface area (Å²) in [7, 11) is 0. The molecule has 116 valence electrons. The summed E-state index contributed by atoms with van der Waals surface area (Å²) in [4.78, 5) is 0. The number of benzene rings is 1. The minimum atomic E-state index is -0.563. The molecule has 0 radical (unpaired) electrons. The third-order valence-corrected chi connectivity index (χ3v) is 3.12. The van der Waals surface area contributed by atoms with Crippen LogP contribution in [0.25, 0.3) is 11.0 Å². The third kappa shape index (κ3) is 4.46. The second-order valence-corrected chi connectivity index (χ2v) is 5.38. The van der Waals surface area contributed by atoms with E-state index in [1.807, 2.05) is 38.1 Å². The molecule has 0 saturated carbocycles. The minimum absolute atomic E-state index is 0.0512. The van der Waals surface area contributed by atoms with Gasteiger partial charge in [0.25, 0.3) is 0 Å². The molecule has 0 aliphatic heterocycles. The second kappa shape index (κ2) is 7.45. The summed E-state index contributed by atoms with van der Waals surface area (Å²) in [5.74, 6) is 1.41. The van der Waals surface area contributed by atoms with Crippen molar-refractivity contribution >= 4 is 11.0 Å². The van der Waals surface area contributed by atoms with Gasteiger partial charge in [-0.2, -0.15) is 0 Å². The molecule has 0 bridgehead atoms. The van der Waals surface area contributed by atoms with Crippen molar-refractivity contribution in [1.82, 2.24) is 5.32 Å². The SMILES string of the molecule is CC(C)NCC(O)COc1cccc2oc(CCO)cc12. The largest absolute Gasteiger partial charge is 0.490 e. The molecular weight excluding hydrogens is 270 g/mol. The van der Waals surface area contributed by atoms with Gasteiger partial charge in [-0.05, 0) is 18.2 Å². The zero-order valence-electron chi connectivity index (χ0n) is 12.5. The lowest BCUT2D eigenvalue weighted by atomic mass is 10.2. The van der Waals surface area contributed by atoms with Crippen LogP contribution in [0.3, 0.4) is 0 Å². The lowest BCUT2D eigenvalue weighted by Crippen LogP contribution is -2.35. The standard InChI is InChI=1S/C16H23NO4/c1-11(2)17-9-12(19)10-20-15-4-3-5-16-14(15)8-13(21-16)6-7-18/h3-5,8,11-12,17-19H,6-7,9-10H2,1-2H3. The number of aliphatic hydroxyl groups excluding tert-OH is 2. The van der Waals surface area contributed by atoms with Crippen LogP contribution in [0, 0.1) is 0 Å². The molecule has 2 rings (SSSR count). The van der Waals surface area contributed by atoms with Crippen molar-refractivity contribution in [2.75, 3.05) is 19.8 Å². The lowest BCUT2D eigenvalue weighted by molar-refractivity contribution is 0.105. The number of ether oxygens (including phenoxy) is 1. The summed E-state index contributed by atoms with van der Waals surface area (Å²) in [6.07, 6.45) is -0.0823. The molecule has 1 heterocycles. The van der Waals surface area contributed by atoms with E-state index in [0.29, 0.717) is 24.8 Å². The van der Waals surface area contributed by atoms with E-state index in [2.05, 4.69) is 5.32 Å². The zero-order valence-corrected chi connectivity index (χ0v) is 12.5. The quantitative estimate of drug-likeness (QED) is 0.691. The molecule has 1 aromatic carbocycles. The Morgan fingerprint density at radius 3 is 2.86 bits per heavy atom. The fourth-order valence-electron chi connectivity index (χ4n) is 2.06. The Kier molecular flexibility index (Phi) is 5.61. The summed E-state index contributed by atoms with van der Waals surface area (Å²) in [5, 5.41) is 22.9. The molecule has 0 aliphatic carbocycles.